The summed E-state index contributed by atoms with van der Waals surface area (Å²) in [6.45, 7) is 2.41. The van der Waals surface area contributed by atoms with Crippen molar-refractivity contribution in [3.63, 3.8) is 0 Å². The van der Waals surface area contributed by atoms with E-state index in [-0.39, 0.29) is 17.4 Å². The minimum atomic E-state index is -0.301. The van der Waals surface area contributed by atoms with Crippen LogP contribution >= 0.6 is 0 Å². The number of nitrogens with one attached hydrogen (secondary N) is 1. The molecule has 1 heterocycles. The molecule has 0 aliphatic heterocycles. The Hall–Kier alpha value is -3.02. The molecule has 0 unspecified atom stereocenters. The number of nitrogens with zero attached hydrogens (tertiary/aromatic N) is 3. The standard InChI is InChI=1S/C18H17FN4O/c1-13-5-7-16(8-6-13)23-12-17(21-22-23)18(24)20-10-9-14-3-2-4-15(19)11-14/h2-8,11-12H,9-10H2,1H3,(H,20,24). The second-order valence-electron chi connectivity index (χ2n) is 5.52. The highest BCUT2D eigenvalue weighted by Gasteiger charge is 2.11. The molecule has 0 bridgehead atoms. The first kappa shape index (κ1) is 15.9. The lowest BCUT2D eigenvalue weighted by Crippen LogP contribution is -2.26. The lowest BCUT2D eigenvalue weighted by Gasteiger charge is -2.03. The van der Waals surface area contributed by atoms with Crippen molar-refractivity contribution in [1.29, 1.82) is 0 Å². The van der Waals surface area contributed by atoms with Crippen molar-refractivity contribution in [2.24, 2.45) is 0 Å². The zero-order chi connectivity index (χ0) is 16.9. The lowest BCUT2D eigenvalue weighted by molar-refractivity contribution is 0.0949. The molecule has 1 aromatic heterocycles. The number of hydrogen-bond acceptors (Lipinski definition) is 3. The average Bonchev–Trinajstić information content (AvgIpc) is 3.05. The highest BCUT2D eigenvalue weighted by atomic mass is 19.1. The van der Waals surface area contributed by atoms with Crippen LogP contribution in [0.2, 0.25) is 0 Å². The summed E-state index contributed by atoms with van der Waals surface area (Å²) in [6, 6.07) is 14.1. The quantitative estimate of drug-likeness (QED) is 0.785. The minimum Gasteiger partial charge on any atom is -0.350 e. The molecule has 3 aromatic rings. The summed E-state index contributed by atoms with van der Waals surface area (Å²) in [5, 5.41) is 10.6. The Kier molecular flexibility index (Phi) is 4.65. The molecule has 0 radical (unpaired) electrons. The summed E-state index contributed by atoms with van der Waals surface area (Å²) < 4.78 is 14.7. The second kappa shape index (κ2) is 7.04. The fourth-order valence-corrected chi connectivity index (χ4v) is 2.29. The Morgan fingerprint density at radius 3 is 2.75 bits per heavy atom. The second-order valence-corrected chi connectivity index (χ2v) is 5.52. The molecule has 0 atom stereocenters. The van der Waals surface area contributed by atoms with Gasteiger partial charge in [0.25, 0.3) is 5.91 Å². The maximum atomic E-state index is 13.1. The Labute approximate surface area is 139 Å². The van der Waals surface area contributed by atoms with Crippen molar-refractivity contribution in [2.45, 2.75) is 13.3 Å². The summed E-state index contributed by atoms with van der Waals surface area (Å²) in [5.74, 6) is -0.579. The van der Waals surface area contributed by atoms with Gasteiger partial charge in [-0.25, -0.2) is 9.07 Å². The fraction of sp³-hybridized carbons (Fsp3) is 0.167. The normalized spacial score (nSPS) is 10.6. The summed E-state index contributed by atoms with van der Waals surface area (Å²) in [4.78, 5) is 12.1. The molecule has 0 saturated heterocycles. The molecule has 0 aliphatic rings. The first-order valence-corrected chi connectivity index (χ1v) is 7.64. The van der Waals surface area contributed by atoms with E-state index in [0.29, 0.717) is 13.0 Å². The summed E-state index contributed by atoms with van der Waals surface area (Å²) in [7, 11) is 0. The summed E-state index contributed by atoms with van der Waals surface area (Å²) in [6.07, 6.45) is 2.14. The van der Waals surface area contributed by atoms with E-state index in [0.717, 1.165) is 16.8 Å². The molecule has 1 amide bonds. The SMILES string of the molecule is Cc1ccc(-n2cc(C(=O)NCCc3cccc(F)c3)nn2)cc1. The van der Waals surface area contributed by atoms with Crippen molar-refractivity contribution < 1.29 is 9.18 Å². The first-order chi connectivity index (χ1) is 11.6. The Bertz CT molecular complexity index is 842. The highest BCUT2D eigenvalue weighted by molar-refractivity contribution is 5.91. The molecule has 2 aromatic carbocycles. The van der Waals surface area contributed by atoms with Crippen LogP contribution in [-0.4, -0.2) is 27.4 Å². The van der Waals surface area contributed by atoms with Crippen LogP contribution in [0.5, 0.6) is 0 Å². The number of carbonyl (C=O) groups is 1. The summed E-state index contributed by atoms with van der Waals surface area (Å²) >= 11 is 0. The topological polar surface area (TPSA) is 59.8 Å². The number of carbonyl (C=O) groups excluding carboxylic acids is 1. The minimum absolute atomic E-state index is 0.245. The largest absolute Gasteiger partial charge is 0.350 e. The van der Waals surface area contributed by atoms with Crippen molar-refractivity contribution in [3.05, 3.63) is 77.4 Å². The van der Waals surface area contributed by atoms with E-state index in [2.05, 4.69) is 15.6 Å². The van der Waals surface area contributed by atoms with Gasteiger partial charge in [0.15, 0.2) is 5.69 Å². The van der Waals surface area contributed by atoms with E-state index in [1.807, 2.05) is 37.3 Å². The van der Waals surface area contributed by atoms with Crippen LogP contribution in [0.1, 0.15) is 21.6 Å². The van der Waals surface area contributed by atoms with Gasteiger partial charge in [-0.05, 0) is 43.2 Å². The van der Waals surface area contributed by atoms with Gasteiger partial charge in [-0.3, -0.25) is 4.79 Å². The Morgan fingerprint density at radius 2 is 2.00 bits per heavy atom. The van der Waals surface area contributed by atoms with Crippen LogP contribution in [0, 0.1) is 12.7 Å². The molecule has 0 aliphatic carbocycles. The zero-order valence-electron chi connectivity index (χ0n) is 13.2. The van der Waals surface area contributed by atoms with Gasteiger partial charge in [-0.15, -0.1) is 5.10 Å². The molecule has 0 saturated carbocycles. The van der Waals surface area contributed by atoms with Crippen molar-refractivity contribution in [3.8, 4) is 5.69 Å². The van der Waals surface area contributed by atoms with E-state index in [4.69, 9.17) is 0 Å². The van der Waals surface area contributed by atoms with Crippen LogP contribution < -0.4 is 5.32 Å². The monoisotopic (exact) mass is 324 g/mol. The molecule has 0 spiro atoms. The van der Waals surface area contributed by atoms with Crippen LogP contribution in [0.15, 0.2) is 54.7 Å². The van der Waals surface area contributed by atoms with E-state index in [1.165, 1.54) is 12.1 Å². The maximum absolute atomic E-state index is 13.1. The molecule has 6 heteroatoms. The van der Waals surface area contributed by atoms with Crippen LogP contribution in [-0.2, 0) is 6.42 Å². The van der Waals surface area contributed by atoms with E-state index < -0.39 is 0 Å². The fourth-order valence-electron chi connectivity index (χ4n) is 2.29. The predicted molar refractivity (Wildman–Crippen MR) is 88.5 cm³/mol. The van der Waals surface area contributed by atoms with Gasteiger partial charge >= 0.3 is 0 Å². The van der Waals surface area contributed by atoms with Crippen LogP contribution in [0.25, 0.3) is 5.69 Å². The molecule has 5 nitrogen and oxygen atoms in total. The maximum Gasteiger partial charge on any atom is 0.273 e. The van der Waals surface area contributed by atoms with Gasteiger partial charge in [-0.1, -0.05) is 35.0 Å². The average molecular weight is 324 g/mol. The molecular formula is C18H17FN4O. The van der Waals surface area contributed by atoms with Gasteiger partial charge in [0, 0.05) is 6.54 Å². The van der Waals surface area contributed by atoms with Gasteiger partial charge in [0.1, 0.15) is 5.82 Å². The molecule has 1 N–H and O–H groups in total. The molecule has 122 valence electrons. The van der Waals surface area contributed by atoms with Gasteiger partial charge in [0.2, 0.25) is 0 Å². The van der Waals surface area contributed by atoms with E-state index in [9.17, 15) is 9.18 Å². The molecule has 24 heavy (non-hydrogen) atoms. The molecule has 3 rings (SSSR count). The Balaban J connectivity index is 1.58. The number of benzene rings is 2. The smallest absolute Gasteiger partial charge is 0.273 e. The number of aryl methyl sites for hydroxylation is 1. The van der Waals surface area contributed by atoms with Crippen LogP contribution in [0.3, 0.4) is 0 Å². The van der Waals surface area contributed by atoms with Crippen molar-refractivity contribution >= 4 is 5.91 Å². The Morgan fingerprint density at radius 1 is 1.21 bits per heavy atom. The third-order valence-electron chi connectivity index (χ3n) is 3.61. The predicted octanol–water partition coefficient (Wildman–Crippen LogP) is 2.69. The number of amides is 1. The molecule has 0 fully saturated rings. The number of halogens is 1. The zero-order valence-corrected chi connectivity index (χ0v) is 13.2. The van der Waals surface area contributed by atoms with Gasteiger partial charge < -0.3 is 5.32 Å². The number of aromatic nitrogens is 3. The first-order valence-electron chi connectivity index (χ1n) is 7.64. The lowest BCUT2D eigenvalue weighted by atomic mass is 10.1. The third kappa shape index (κ3) is 3.84. The van der Waals surface area contributed by atoms with Crippen molar-refractivity contribution in [1.82, 2.24) is 20.3 Å². The summed E-state index contributed by atoms with van der Waals surface area (Å²) in [5.41, 5.74) is 3.06. The number of rotatable bonds is 5. The van der Waals surface area contributed by atoms with Gasteiger partial charge in [-0.2, -0.15) is 0 Å². The van der Waals surface area contributed by atoms with Crippen molar-refractivity contribution in [2.75, 3.05) is 6.54 Å². The van der Waals surface area contributed by atoms with Gasteiger partial charge in [0.05, 0.1) is 11.9 Å². The van der Waals surface area contributed by atoms with E-state index >= 15 is 0 Å². The molecular weight excluding hydrogens is 307 g/mol. The van der Waals surface area contributed by atoms with E-state index in [1.54, 1.807) is 16.9 Å². The third-order valence-corrected chi connectivity index (χ3v) is 3.61. The number of hydrogen-bond donors (Lipinski definition) is 1. The highest BCUT2D eigenvalue weighted by Crippen LogP contribution is 2.08. The van der Waals surface area contributed by atoms with Crippen LogP contribution in [0.4, 0.5) is 4.39 Å².